The van der Waals surface area contributed by atoms with E-state index in [2.05, 4.69) is 31.4 Å². The Kier molecular flexibility index (Phi) is 7.06. The maximum Gasteiger partial charge on any atom is 0.251 e. The predicted molar refractivity (Wildman–Crippen MR) is 145 cm³/mol. The Labute approximate surface area is 212 Å². The van der Waals surface area contributed by atoms with E-state index in [-0.39, 0.29) is 23.7 Å². The summed E-state index contributed by atoms with van der Waals surface area (Å²) in [6.45, 7) is 8.41. The van der Waals surface area contributed by atoms with Crippen molar-refractivity contribution >= 4 is 40.9 Å². The fraction of sp³-hybridized carbons (Fsp3) is 0.233. The van der Waals surface area contributed by atoms with E-state index in [4.69, 9.17) is 0 Å². The van der Waals surface area contributed by atoms with Crippen LogP contribution in [0.25, 0.3) is 6.08 Å². The van der Waals surface area contributed by atoms with Gasteiger partial charge in [0.2, 0.25) is 11.8 Å². The fourth-order valence-electron chi connectivity index (χ4n) is 4.11. The van der Waals surface area contributed by atoms with Crippen LogP contribution in [0, 0.1) is 6.92 Å². The van der Waals surface area contributed by atoms with Crippen LogP contribution in [-0.2, 0) is 19.8 Å². The topological polar surface area (TPSA) is 78.5 Å². The molecule has 1 unspecified atom stereocenters. The summed E-state index contributed by atoms with van der Waals surface area (Å²) in [4.78, 5) is 40.7. The minimum atomic E-state index is -0.981. The summed E-state index contributed by atoms with van der Waals surface area (Å²) in [5.41, 5.74) is 4.92. The number of rotatable bonds is 5. The van der Waals surface area contributed by atoms with E-state index in [0.717, 1.165) is 11.1 Å². The van der Waals surface area contributed by atoms with E-state index < -0.39 is 11.9 Å². The van der Waals surface area contributed by atoms with Crippen LogP contribution >= 0.6 is 0 Å². The van der Waals surface area contributed by atoms with Gasteiger partial charge < -0.3 is 10.6 Å². The lowest BCUT2D eigenvalue weighted by Crippen LogP contribution is -2.52. The molecule has 0 saturated heterocycles. The van der Waals surface area contributed by atoms with E-state index in [1.807, 2.05) is 43.3 Å². The molecule has 6 nitrogen and oxygen atoms in total. The zero-order valence-electron chi connectivity index (χ0n) is 21.0. The minimum absolute atomic E-state index is 0.0370. The Morgan fingerprint density at radius 3 is 2.31 bits per heavy atom. The molecule has 4 rings (SSSR count). The zero-order chi connectivity index (χ0) is 25.9. The molecule has 1 aliphatic heterocycles. The number of hydrogen-bond donors (Lipinski definition) is 2. The largest absolute Gasteiger partial charge is 0.326 e. The maximum absolute atomic E-state index is 13.4. The number of hydrogen-bond acceptors (Lipinski definition) is 3. The molecule has 3 aromatic rings. The van der Waals surface area contributed by atoms with Crippen LogP contribution in [0.15, 0.2) is 78.9 Å². The summed E-state index contributed by atoms with van der Waals surface area (Å²) in [6, 6.07) is 21.6. The van der Waals surface area contributed by atoms with E-state index in [9.17, 15) is 14.4 Å². The molecular formula is C30H31N3O3. The van der Waals surface area contributed by atoms with Crippen molar-refractivity contribution in [2.75, 3.05) is 15.5 Å². The van der Waals surface area contributed by atoms with Crippen molar-refractivity contribution in [1.82, 2.24) is 0 Å². The summed E-state index contributed by atoms with van der Waals surface area (Å²) in [5.74, 6) is -1.12. The van der Waals surface area contributed by atoms with Crippen molar-refractivity contribution in [1.29, 1.82) is 0 Å². The van der Waals surface area contributed by atoms with Crippen molar-refractivity contribution in [3.63, 3.8) is 0 Å². The molecule has 1 aliphatic rings. The van der Waals surface area contributed by atoms with Crippen LogP contribution in [0.5, 0.6) is 0 Å². The zero-order valence-corrected chi connectivity index (χ0v) is 21.0. The van der Waals surface area contributed by atoms with Crippen molar-refractivity contribution in [2.45, 2.75) is 45.6 Å². The Bertz CT molecular complexity index is 1300. The first kappa shape index (κ1) is 24.9. The lowest BCUT2D eigenvalue weighted by atomic mass is 9.87. The number of para-hydroxylation sites is 2. The highest BCUT2D eigenvalue weighted by Gasteiger charge is 2.37. The minimum Gasteiger partial charge on any atom is -0.326 e. The van der Waals surface area contributed by atoms with Crippen LogP contribution in [0.2, 0.25) is 0 Å². The number of aryl methyl sites for hydroxylation is 1. The smallest absolute Gasteiger partial charge is 0.251 e. The third kappa shape index (κ3) is 5.71. The van der Waals surface area contributed by atoms with Gasteiger partial charge in [-0.05, 0) is 53.8 Å². The second-order valence-electron chi connectivity index (χ2n) is 10.1. The molecule has 3 aromatic carbocycles. The highest BCUT2D eigenvalue weighted by molar-refractivity contribution is 6.16. The summed E-state index contributed by atoms with van der Waals surface area (Å²) in [6.07, 6.45) is 3.01. The molecule has 36 heavy (non-hydrogen) atoms. The molecular weight excluding hydrogens is 450 g/mol. The first-order valence-corrected chi connectivity index (χ1v) is 12.0. The van der Waals surface area contributed by atoms with Gasteiger partial charge in [0, 0.05) is 11.8 Å². The highest BCUT2D eigenvalue weighted by Crippen LogP contribution is 2.33. The van der Waals surface area contributed by atoms with Gasteiger partial charge in [0.25, 0.3) is 5.91 Å². The predicted octanol–water partition coefficient (Wildman–Crippen LogP) is 5.69. The van der Waals surface area contributed by atoms with E-state index in [1.54, 1.807) is 42.5 Å². The summed E-state index contributed by atoms with van der Waals surface area (Å²) < 4.78 is 0. The number of nitrogens with zero attached hydrogens (tertiary/aromatic N) is 1. The number of carbonyl (C=O) groups excluding carboxylic acids is 3. The van der Waals surface area contributed by atoms with Crippen LogP contribution in [0.1, 0.15) is 43.9 Å². The molecule has 1 atom stereocenters. The van der Waals surface area contributed by atoms with Crippen LogP contribution in [-0.4, -0.2) is 23.8 Å². The first-order chi connectivity index (χ1) is 17.1. The number of amides is 3. The molecule has 2 N–H and O–H groups in total. The van der Waals surface area contributed by atoms with Gasteiger partial charge in [-0.25, -0.2) is 0 Å². The fourth-order valence-corrected chi connectivity index (χ4v) is 4.11. The summed E-state index contributed by atoms with van der Waals surface area (Å²) in [7, 11) is 0. The molecule has 0 radical (unpaired) electrons. The Morgan fingerprint density at radius 2 is 1.64 bits per heavy atom. The van der Waals surface area contributed by atoms with Gasteiger partial charge in [0.1, 0.15) is 6.04 Å². The number of fused-ring (bicyclic) bond motifs is 1. The van der Waals surface area contributed by atoms with Gasteiger partial charge in [0.15, 0.2) is 0 Å². The number of nitrogens with one attached hydrogen (secondary N) is 2. The quantitative estimate of drug-likeness (QED) is 0.460. The van der Waals surface area contributed by atoms with Gasteiger partial charge in [-0.15, -0.1) is 0 Å². The second-order valence-corrected chi connectivity index (χ2v) is 10.1. The van der Waals surface area contributed by atoms with Crippen molar-refractivity contribution in [2.24, 2.45) is 0 Å². The molecule has 184 valence electrons. The van der Waals surface area contributed by atoms with Gasteiger partial charge >= 0.3 is 0 Å². The molecule has 0 spiro atoms. The normalized spacial score (nSPS) is 15.4. The Morgan fingerprint density at radius 1 is 0.972 bits per heavy atom. The van der Waals surface area contributed by atoms with Crippen molar-refractivity contribution in [3.8, 4) is 0 Å². The second kappa shape index (κ2) is 10.2. The van der Waals surface area contributed by atoms with Crippen LogP contribution in [0.4, 0.5) is 17.1 Å². The number of benzene rings is 3. The number of carbonyl (C=O) groups is 3. The molecule has 3 amide bonds. The standard InChI is InChI=1S/C30H31N3O3/c1-20-9-16-23(17-10-20)31-27(34)19-26-29(36)32-24-7-5-6-8-25(24)33(26)28(35)18-13-21-11-14-22(15-12-21)30(2,3)4/h5-18,26H,19H2,1-4H3,(H,31,34)(H,32,36)/b18-13+. The van der Waals surface area contributed by atoms with Crippen LogP contribution < -0.4 is 15.5 Å². The Hall–Kier alpha value is -4.19. The van der Waals surface area contributed by atoms with Crippen molar-refractivity contribution in [3.05, 3.63) is 95.6 Å². The van der Waals surface area contributed by atoms with E-state index in [0.29, 0.717) is 17.1 Å². The first-order valence-electron chi connectivity index (χ1n) is 12.0. The van der Waals surface area contributed by atoms with Crippen LogP contribution in [0.3, 0.4) is 0 Å². The molecule has 0 bridgehead atoms. The summed E-state index contributed by atoms with van der Waals surface area (Å²) >= 11 is 0. The third-order valence-electron chi connectivity index (χ3n) is 6.18. The molecule has 0 aromatic heterocycles. The van der Waals surface area contributed by atoms with E-state index in [1.165, 1.54) is 16.5 Å². The molecule has 0 saturated carbocycles. The lowest BCUT2D eigenvalue weighted by molar-refractivity contribution is -0.124. The molecule has 1 heterocycles. The van der Waals surface area contributed by atoms with Crippen molar-refractivity contribution < 1.29 is 14.4 Å². The lowest BCUT2D eigenvalue weighted by Gasteiger charge is -2.35. The molecule has 0 fully saturated rings. The molecule has 6 heteroatoms. The molecule has 0 aliphatic carbocycles. The third-order valence-corrected chi connectivity index (χ3v) is 6.18. The van der Waals surface area contributed by atoms with Gasteiger partial charge in [-0.2, -0.15) is 0 Å². The average molecular weight is 482 g/mol. The highest BCUT2D eigenvalue weighted by atomic mass is 16.2. The van der Waals surface area contributed by atoms with E-state index >= 15 is 0 Å². The maximum atomic E-state index is 13.4. The monoisotopic (exact) mass is 481 g/mol. The number of anilines is 3. The van der Waals surface area contributed by atoms with Gasteiger partial charge in [-0.3, -0.25) is 19.3 Å². The Balaban J connectivity index is 1.57. The summed E-state index contributed by atoms with van der Waals surface area (Å²) in [5, 5.41) is 5.65. The average Bonchev–Trinajstić information content (AvgIpc) is 2.84. The van der Waals surface area contributed by atoms with Gasteiger partial charge in [0.05, 0.1) is 17.8 Å². The SMILES string of the molecule is Cc1ccc(NC(=O)CC2C(=O)Nc3ccccc3N2C(=O)/C=C/c2ccc(C(C)(C)C)cc2)cc1. The van der Waals surface area contributed by atoms with Gasteiger partial charge in [-0.1, -0.05) is 74.9 Å².